The summed E-state index contributed by atoms with van der Waals surface area (Å²) in [6, 6.07) is -0.381. The molecule has 2 heterocycles. The number of piperidine rings is 1. The van der Waals surface area contributed by atoms with E-state index in [9.17, 15) is 9.59 Å². The second kappa shape index (κ2) is 9.37. The van der Waals surface area contributed by atoms with Gasteiger partial charge in [-0.2, -0.15) is 0 Å². The molecule has 1 atom stereocenters. The normalized spacial score (nSPS) is 23.5. The molecule has 1 unspecified atom stereocenters. The fourth-order valence-electron chi connectivity index (χ4n) is 3.64. The molecule has 6 heteroatoms. The Bertz CT molecular complexity index is 420. The van der Waals surface area contributed by atoms with Crippen molar-refractivity contribution < 1.29 is 14.3 Å². The van der Waals surface area contributed by atoms with Crippen molar-refractivity contribution >= 4 is 11.9 Å². The third kappa shape index (κ3) is 5.45. The quantitative estimate of drug-likeness (QED) is 0.681. The number of rotatable bonds is 6. The number of hydrogen-bond acceptors (Lipinski definition) is 5. The van der Waals surface area contributed by atoms with Gasteiger partial charge in [-0.1, -0.05) is 13.8 Å². The summed E-state index contributed by atoms with van der Waals surface area (Å²) in [5.41, 5.74) is 0. The summed E-state index contributed by atoms with van der Waals surface area (Å²) in [7, 11) is 0. The van der Waals surface area contributed by atoms with Crippen LogP contribution in [0.3, 0.4) is 0 Å². The van der Waals surface area contributed by atoms with Gasteiger partial charge in [0.1, 0.15) is 6.04 Å². The molecule has 0 saturated carbocycles. The summed E-state index contributed by atoms with van der Waals surface area (Å²) < 4.78 is 5.15. The van der Waals surface area contributed by atoms with E-state index >= 15 is 0 Å². The monoisotopic (exact) mass is 339 g/mol. The lowest BCUT2D eigenvalue weighted by atomic mass is 10.0. The number of carbonyl (C=O) groups excluding carboxylic acids is 2. The summed E-state index contributed by atoms with van der Waals surface area (Å²) in [6.45, 7) is 12.8. The van der Waals surface area contributed by atoms with E-state index in [1.54, 1.807) is 4.90 Å². The average molecular weight is 339 g/mol. The van der Waals surface area contributed by atoms with E-state index in [1.165, 1.54) is 0 Å². The molecule has 2 aliphatic rings. The van der Waals surface area contributed by atoms with Gasteiger partial charge < -0.3 is 14.5 Å². The molecule has 2 saturated heterocycles. The number of likely N-dealkylation sites (tertiary alicyclic amines) is 1. The number of ether oxygens (including phenoxy) is 1. The van der Waals surface area contributed by atoms with Gasteiger partial charge in [-0.3, -0.25) is 9.69 Å². The molecule has 0 aromatic rings. The molecule has 0 bridgehead atoms. The highest BCUT2D eigenvalue weighted by molar-refractivity contribution is 5.85. The number of hydrogen-bond donors (Lipinski definition) is 0. The highest BCUT2D eigenvalue weighted by Crippen LogP contribution is 2.19. The van der Waals surface area contributed by atoms with Crippen LogP contribution in [0.1, 0.15) is 40.0 Å². The van der Waals surface area contributed by atoms with Crippen molar-refractivity contribution in [2.75, 3.05) is 52.4 Å². The Kier molecular flexibility index (Phi) is 7.49. The molecule has 24 heavy (non-hydrogen) atoms. The van der Waals surface area contributed by atoms with E-state index in [-0.39, 0.29) is 17.9 Å². The smallest absolute Gasteiger partial charge is 0.328 e. The molecular formula is C18H33N3O3. The molecule has 138 valence electrons. The fourth-order valence-corrected chi connectivity index (χ4v) is 3.64. The summed E-state index contributed by atoms with van der Waals surface area (Å²) in [5, 5.41) is 0. The van der Waals surface area contributed by atoms with E-state index in [0.29, 0.717) is 25.6 Å². The molecule has 6 nitrogen and oxygen atoms in total. The third-order valence-corrected chi connectivity index (χ3v) is 4.83. The van der Waals surface area contributed by atoms with Gasteiger partial charge in [0.05, 0.1) is 13.2 Å². The first kappa shape index (κ1) is 19.2. The van der Waals surface area contributed by atoms with Crippen LogP contribution < -0.4 is 0 Å². The molecular weight excluding hydrogens is 306 g/mol. The average Bonchev–Trinajstić information content (AvgIpc) is 2.56. The zero-order chi connectivity index (χ0) is 17.5. The summed E-state index contributed by atoms with van der Waals surface area (Å²) in [5.74, 6) is 0.509. The van der Waals surface area contributed by atoms with Crippen molar-refractivity contribution in [2.45, 2.75) is 46.1 Å². The van der Waals surface area contributed by atoms with Crippen LogP contribution in [0.15, 0.2) is 0 Å². The number of piperazine rings is 1. The van der Waals surface area contributed by atoms with Gasteiger partial charge in [0.15, 0.2) is 0 Å². The molecule has 2 fully saturated rings. The zero-order valence-corrected chi connectivity index (χ0v) is 15.5. The van der Waals surface area contributed by atoms with Gasteiger partial charge in [-0.05, 0) is 32.1 Å². The van der Waals surface area contributed by atoms with E-state index in [4.69, 9.17) is 4.74 Å². The first-order valence-electron chi connectivity index (χ1n) is 9.42. The van der Waals surface area contributed by atoms with Crippen LogP contribution in [0, 0.1) is 5.92 Å². The van der Waals surface area contributed by atoms with Crippen LogP contribution in [0.5, 0.6) is 0 Å². The van der Waals surface area contributed by atoms with Crippen LogP contribution in [-0.2, 0) is 14.3 Å². The third-order valence-electron chi connectivity index (χ3n) is 4.83. The van der Waals surface area contributed by atoms with E-state index in [0.717, 1.165) is 52.0 Å². The standard InChI is InChI=1S/C18H33N3O3/c1-4-24-18(23)16-7-5-6-8-21(16)17(22)14-20-11-9-19(10-12-20)13-15(2)3/h15-16H,4-14H2,1-3H3. The lowest BCUT2D eigenvalue weighted by Crippen LogP contribution is -2.54. The van der Waals surface area contributed by atoms with Gasteiger partial charge in [-0.25, -0.2) is 4.79 Å². The number of carbonyl (C=O) groups is 2. The van der Waals surface area contributed by atoms with Crippen LogP contribution >= 0.6 is 0 Å². The number of amides is 1. The highest BCUT2D eigenvalue weighted by atomic mass is 16.5. The lowest BCUT2D eigenvalue weighted by molar-refractivity contribution is -0.157. The first-order valence-corrected chi connectivity index (χ1v) is 9.42. The molecule has 1 amide bonds. The molecule has 0 radical (unpaired) electrons. The summed E-state index contributed by atoms with van der Waals surface area (Å²) in [6.07, 6.45) is 2.69. The minimum absolute atomic E-state index is 0.0741. The molecule has 0 aromatic carbocycles. The number of esters is 1. The Morgan fingerprint density at radius 2 is 1.71 bits per heavy atom. The van der Waals surface area contributed by atoms with Gasteiger partial charge in [0.2, 0.25) is 5.91 Å². The second-order valence-electron chi connectivity index (χ2n) is 7.32. The molecule has 0 spiro atoms. The summed E-state index contributed by atoms with van der Waals surface area (Å²) >= 11 is 0. The van der Waals surface area contributed by atoms with Crippen LogP contribution in [0.4, 0.5) is 0 Å². The lowest BCUT2D eigenvalue weighted by Gasteiger charge is -2.38. The maximum absolute atomic E-state index is 12.7. The first-order chi connectivity index (χ1) is 11.5. The van der Waals surface area contributed by atoms with Crippen LogP contribution in [0.2, 0.25) is 0 Å². The minimum Gasteiger partial charge on any atom is -0.464 e. The maximum Gasteiger partial charge on any atom is 0.328 e. The van der Waals surface area contributed by atoms with Crippen molar-refractivity contribution in [3.63, 3.8) is 0 Å². The predicted octanol–water partition coefficient (Wildman–Crippen LogP) is 1.20. The maximum atomic E-state index is 12.7. The topological polar surface area (TPSA) is 53.1 Å². The predicted molar refractivity (Wildman–Crippen MR) is 93.7 cm³/mol. The summed E-state index contributed by atoms with van der Waals surface area (Å²) in [4.78, 5) is 31.3. The van der Waals surface area contributed by atoms with Crippen molar-refractivity contribution in [1.29, 1.82) is 0 Å². The minimum atomic E-state index is -0.381. The SMILES string of the molecule is CCOC(=O)C1CCCCN1C(=O)CN1CCN(CC(C)C)CC1. The Labute approximate surface area is 146 Å². The Hall–Kier alpha value is -1.14. The second-order valence-corrected chi connectivity index (χ2v) is 7.32. The Morgan fingerprint density at radius 1 is 1.04 bits per heavy atom. The van der Waals surface area contributed by atoms with E-state index in [2.05, 4.69) is 23.6 Å². The van der Waals surface area contributed by atoms with Crippen molar-refractivity contribution in [3.05, 3.63) is 0 Å². The fraction of sp³-hybridized carbons (Fsp3) is 0.889. The van der Waals surface area contributed by atoms with E-state index < -0.39 is 0 Å². The van der Waals surface area contributed by atoms with Crippen molar-refractivity contribution in [1.82, 2.24) is 14.7 Å². The van der Waals surface area contributed by atoms with Crippen molar-refractivity contribution in [3.8, 4) is 0 Å². The zero-order valence-electron chi connectivity index (χ0n) is 15.5. The van der Waals surface area contributed by atoms with Crippen LogP contribution in [-0.4, -0.2) is 85.0 Å². The molecule has 0 aromatic heterocycles. The van der Waals surface area contributed by atoms with E-state index in [1.807, 2.05) is 6.92 Å². The number of nitrogens with zero attached hydrogens (tertiary/aromatic N) is 3. The van der Waals surface area contributed by atoms with Gasteiger partial charge in [0, 0.05) is 39.3 Å². The van der Waals surface area contributed by atoms with Crippen molar-refractivity contribution in [2.24, 2.45) is 5.92 Å². The van der Waals surface area contributed by atoms with Gasteiger partial charge >= 0.3 is 5.97 Å². The molecule has 2 rings (SSSR count). The van der Waals surface area contributed by atoms with Crippen LogP contribution in [0.25, 0.3) is 0 Å². The largest absolute Gasteiger partial charge is 0.464 e. The molecule has 0 N–H and O–H groups in total. The Morgan fingerprint density at radius 3 is 2.33 bits per heavy atom. The van der Waals surface area contributed by atoms with Gasteiger partial charge in [-0.15, -0.1) is 0 Å². The Balaban J connectivity index is 1.83. The molecule has 0 aliphatic carbocycles. The molecule has 2 aliphatic heterocycles. The van der Waals surface area contributed by atoms with Gasteiger partial charge in [0.25, 0.3) is 0 Å². The highest BCUT2D eigenvalue weighted by Gasteiger charge is 2.34.